The number of nitrogens with one attached hydrogen (secondary N) is 2. The minimum atomic E-state index is -2.22. The number of rotatable bonds is 9. The molecular weight excluding hydrogens is 517 g/mol. The molecular formula is C23H19Cl2N3O6S. The number of nitrogens with two attached hydrogens (primary N) is 1. The third kappa shape index (κ3) is 6.17. The summed E-state index contributed by atoms with van der Waals surface area (Å²) in [5, 5.41) is 26.4. The Morgan fingerprint density at radius 3 is 2.31 bits per heavy atom. The van der Waals surface area contributed by atoms with Gasteiger partial charge in [0.2, 0.25) is 5.00 Å². The second kappa shape index (κ2) is 10.9. The SMILES string of the molecule is N[C@@](Cl)(CNC(=O)c1cscc1C(=O)c1c(Cl)cccc1C(=O)NCc1cccc(O)c1)C(=O)O. The summed E-state index contributed by atoms with van der Waals surface area (Å²) in [7, 11) is 0. The zero-order chi connectivity index (χ0) is 25.8. The van der Waals surface area contributed by atoms with E-state index in [1.165, 1.54) is 41.1 Å². The van der Waals surface area contributed by atoms with E-state index in [1.54, 1.807) is 12.1 Å². The maximum atomic E-state index is 13.4. The lowest BCUT2D eigenvalue weighted by molar-refractivity contribution is -0.139. The molecule has 35 heavy (non-hydrogen) atoms. The van der Waals surface area contributed by atoms with Gasteiger partial charge in [-0.3, -0.25) is 14.4 Å². The number of hydrogen-bond donors (Lipinski definition) is 5. The Balaban J connectivity index is 1.84. The van der Waals surface area contributed by atoms with Crippen molar-refractivity contribution in [3.05, 3.63) is 86.1 Å². The van der Waals surface area contributed by atoms with Crippen LogP contribution < -0.4 is 16.4 Å². The molecule has 6 N–H and O–H groups in total. The quantitative estimate of drug-likeness (QED) is 0.160. The van der Waals surface area contributed by atoms with Gasteiger partial charge in [-0.05, 0) is 29.8 Å². The van der Waals surface area contributed by atoms with Crippen molar-refractivity contribution in [1.82, 2.24) is 10.6 Å². The highest BCUT2D eigenvalue weighted by molar-refractivity contribution is 7.08. The molecule has 0 radical (unpaired) electrons. The fourth-order valence-corrected chi connectivity index (χ4v) is 4.19. The van der Waals surface area contributed by atoms with E-state index in [9.17, 15) is 24.3 Å². The Bertz CT molecular complexity index is 1310. The number of phenolic OH excluding ortho intramolecular Hbond substituents is 1. The fraction of sp³-hybridized carbons (Fsp3) is 0.130. The van der Waals surface area contributed by atoms with Gasteiger partial charge in [0.15, 0.2) is 5.78 Å². The predicted octanol–water partition coefficient (Wildman–Crippen LogP) is 2.98. The lowest BCUT2D eigenvalue weighted by Crippen LogP contribution is -2.51. The van der Waals surface area contributed by atoms with E-state index in [0.29, 0.717) is 5.56 Å². The molecule has 1 aromatic heterocycles. The monoisotopic (exact) mass is 535 g/mol. The van der Waals surface area contributed by atoms with Crippen LogP contribution in [0, 0.1) is 0 Å². The van der Waals surface area contributed by atoms with Gasteiger partial charge in [-0.1, -0.05) is 41.4 Å². The topological polar surface area (TPSA) is 159 Å². The van der Waals surface area contributed by atoms with Crippen molar-refractivity contribution in [2.75, 3.05) is 6.54 Å². The van der Waals surface area contributed by atoms with E-state index < -0.39 is 35.1 Å². The highest BCUT2D eigenvalue weighted by Gasteiger charge is 2.32. The molecule has 0 aliphatic heterocycles. The number of carbonyl (C=O) groups excluding carboxylic acids is 3. The summed E-state index contributed by atoms with van der Waals surface area (Å²) in [4.78, 5) is 47.7. The number of alkyl halides is 1. The number of ketones is 1. The van der Waals surface area contributed by atoms with Crippen molar-refractivity contribution >= 4 is 58.1 Å². The van der Waals surface area contributed by atoms with Crippen LogP contribution in [0.1, 0.15) is 42.2 Å². The standard InChI is InChI=1S/C23H19Cl2N3O6S/c24-17-6-2-5-14(20(31)27-8-12-3-1-4-13(29)7-12)18(17)19(30)15-9-35-10-16(15)21(32)28-11-23(25,26)22(33)34/h1-7,9-10,29H,8,11,26H2,(H,27,31)(H,28,32)(H,33,34)/t23-/m0/s1. The average Bonchev–Trinajstić information content (AvgIpc) is 3.30. The maximum absolute atomic E-state index is 13.4. The number of carboxylic acid groups (broad SMARTS) is 1. The Kier molecular flexibility index (Phi) is 8.13. The summed E-state index contributed by atoms with van der Waals surface area (Å²) in [6.07, 6.45) is 0. The number of amides is 2. The van der Waals surface area contributed by atoms with Crippen LogP contribution in [-0.4, -0.2) is 45.3 Å². The number of halogens is 2. The van der Waals surface area contributed by atoms with E-state index >= 15 is 0 Å². The van der Waals surface area contributed by atoms with Gasteiger partial charge in [0.25, 0.3) is 11.8 Å². The maximum Gasteiger partial charge on any atom is 0.341 e. The Hall–Kier alpha value is -3.44. The summed E-state index contributed by atoms with van der Waals surface area (Å²) in [5.74, 6) is -3.51. The second-order valence-corrected chi connectivity index (χ2v) is 9.22. The van der Waals surface area contributed by atoms with Crippen molar-refractivity contribution in [1.29, 1.82) is 0 Å². The molecule has 0 aliphatic carbocycles. The molecule has 0 saturated heterocycles. The molecule has 2 amide bonds. The van der Waals surface area contributed by atoms with E-state index in [-0.39, 0.29) is 39.6 Å². The summed E-state index contributed by atoms with van der Waals surface area (Å²) in [6.45, 7) is -0.511. The number of hydrogen-bond acceptors (Lipinski definition) is 7. The van der Waals surface area contributed by atoms with E-state index in [0.717, 1.165) is 11.3 Å². The van der Waals surface area contributed by atoms with Crippen LogP contribution in [0.15, 0.2) is 53.2 Å². The van der Waals surface area contributed by atoms with Crippen molar-refractivity contribution in [2.24, 2.45) is 5.73 Å². The van der Waals surface area contributed by atoms with Gasteiger partial charge in [-0.25, -0.2) is 4.79 Å². The number of aromatic hydroxyl groups is 1. The van der Waals surface area contributed by atoms with Crippen LogP contribution in [0.5, 0.6) is 5.75 Å². The van der Waals surface area contributed by atoms with Gasteiger partial charge < -0.3 is 26.6 Å². The smallest absolute Gasteiger partial charge is 0.341 e. The fourth-order valence-electron chi connectivity index (χ4n) is 3.05. The molecule has 3 rings (SSSR count). The van der Waals surface area contributed by atoms with Crippen LogP contribution in [0.3, 0.4) is 0 Å². The number of carbonyl (C=O) groups is 4. The van der Waals surface area contributed by atoms with Gasteiger partial charge in [-0.2, -0.15) is 11.3 Å². The van der Waals surface area contributed by atoms with Crippen LogP contribution in [-0.2, 0) is 11.3 Å². The number of benzene rings is 2. The molecule has 0 fully saturated rings. The zero-order valence-corrected chi connectivity index (χ0v) is 20.2. The third-order valence-electron chi connectivity index (χ3n) is 4.86. The van der Waals surface area contributed by atoms with Crippen LogP contribution in [0.4, 0.5) is 0 Å². The van der Waals surface area contributed by atoms with Gasteiger partial charge >= 0.3 is 5.97 Å². The molecule has 9 nitrogen and oxygen atoms in total. The van der Waals surface area contributed by atoms with Gasteiger partial charge in [0.1, 0.15) is 5.75 Å². The normalized spacial score (nSPS) is 12.4. The largest absolute Gasteiger partial charge is 0.508 e. The first kappa shape index (κ1) is 26.2. The lowest BCUT2D eigenvalue weighted by atomic mass is 9.96. The van der Waals surface area contributed by atoms with Crippen molar-refractivity contribution in [3.8, 4) is 5.75 Å². The van der Waals surface area contributed by atoms with Crippen LogP contribution in [0.2, 0.25) is 5.02 Å². The Labute approximate surface area is 213 Å². The molecule has 0 spiro atoms. The number of carboxylic acids is 1. The lowest BCUT2D eigenvalue weighted by Gasteiger charge is -2.17. The molecule has 2 aromatic carbocycles. The van der Waals surface area contributed by atoms with Crippen LogP contribution in [0.25, 0.3) is 0 Å². The predicted molar refractivity (Wildman–Crippen MR) is 131 cm³/mol. The molecule has 1 heterocycles. The first-order valence-corrected chi connectivity index (χ1v) is 11.7. The van der Waals surface area contributed by atoms with Gasteiger partial charge in [0, 0.05) is 22.9 Å². The molecule has 0 aliphatic rings. The summed E-state index contributed by atoms with van der Waals surface area (Å²) in [5.41, 5.74) is 5.86. The van der Waals surface area contributed by atoms with Crippen molar-refractivity contribution in [2.45, 2.75) is 11.5 Å². The zero-order valence-electron chi connectivity index (χ0n) is 17.9. The van der Waals surface area contributed by atoms with Gasteiger partial charge in [-0.15, -0.1) is 0 Å². The Morgan fingerprint density at radius 1 is 0.971 bits per heavy atom. The molecule has 0 unspecified atom stereocenters. The minimum Gasteiger partial charge on any atom is -0.508 e. The highest BCUT2D eigenvalue weighted by Crippen LogP contribution is 2.27. The number of thiophene rings is 1. The number of aliphatic carboxylic acids is 1. The summed E-state index contributed by atoms with van der Waals surface area (Å²) < 4.78 is 0. The third-order valence-corrected chi connectivity index (χ3v) is 6.22. The molecule has 0 bridgehead atoms. The second-order valence-electron chi connectivity index (χ2n) is 7.39. The summed E-state index contributed by atoms with van der Waals surface area (Å²) >= 11 is 13.0. The molecule has 3 aromatic rings. The summed E-state index contributed by atoms with van der Waals surface area (Å²) in [6, 6.07) is 10.7. The van der Waals surface area contributed by atoms with Crippen molar-refractivity contribution < 1.29 is 29.4 Å². The van der Waals surface area contributed by atoms with E-state index in [2.05, 4.69) is 10.6 Å². The van der Waals surface area contributed by atoms with E-state index in [1.807, 2.05) is 0 Å². The minimum absolute atomic E-state index is 0.00479. The first-order chi connectivity index (χ1) is 16.5. The van der Waals surface area contributed by atoms with Crippen molar-refractivity contribution in [3.63, 3.8) is 0 Å². The average molecular weight is 536 g/mol. The Morgan fingerprint density at radius 2 is 1.63 bits per heavy atom. The molecule has 0 saturated carbocycles. The molecule has 1 atom stereocenters. The first-order valence-electron chi connectivity index (χ1n) is 9.96. The van der Waals surface area contributed by atoms with Crippen LogP contribution >= 0.6 is 34.5 Å². The molecule has 12 heteroatoms. The number of phenols is 1. The van der Waals surface area contributed by atoms with E-state index in [4.69, 9.17) is 34.0 Å². The highest BCUT2D eigenvalue weighted by atomic mass is 35.5. The molecule has 182 valence electrons. The van der Waals surface area contributed by atoms with Gasteiger partial charge in [0.05, 0.1) is 28.3 Å².